The molecule has 0 amide bonds. The van der Waals surface area contributed by atoms with Crippen LogP contribution in [0, 0.1) is 6.92 Å². The summed E-state index contributed by atoms with van der Waals surface area (Å²) >= 11 is 0. The fourth-order valence-corrected chi connectivity index (χ4v) is 3.09. The molecular weight excluding hydrogens is 300 g/mol. The van der Waals surface area contributed by atoms with Crippen molar-refractivity contribution in [2.75, 3.05) is 7.11 Å². The zero-order valence-corrected chi connectivity index (χ0v) is 14.6. The number of ether oxygens (including phenoxy) is 3. The maximum Gasteiger partial charge on any atom is 0.122 e. The quantitative estimate of drug-likeness (QED) is 0.721. The molecule has 0 saturated heterocycles. The van der Waals surface area contributed by atoms with Crippen molar-refractivity contribution < 1.29 is 14.2 Å². The van der Waals surface area contributed by atoms with E-state index in [9.17, 15) is 0 Å². The molecule has 24 heavy (non-hydrogen) atoms. The van der Waals surface area contributed by atoms with Gasteiger partial charge in [0.15, 0.2) is 0 Å². The van der Waals surface area contributed by atoms with E-state index in [1.165, 1.54) is 32.1 Å². The lowest BCUT2D eigenvalue weighted by molar-refractivity contribution is 0.154. The van der Waals surface area contributed by atoms with Crippen LogP contribution < -0.4 is 14.2 Å². The molecule has 0 unspecified atom stereocenters. The number of methoxy groups -OCH3 is 1. The SMILES string of the molecule is COc1ccc(COc2ccc(OC3CCCCC3)c(C)c2)cc1. The molecule has 1 aliphatic rings. The van der Waals surface area contributed by atoms with Crippen LogP contribution in [0.15, 0.2) is 42.5 Å². The Kier molecular flexibility index (Phi) is 5.63. The van der Waals surface area contributed by atoms with Gasteiger partial charge in [0.05, 0.1) is 13.2 Å². The van der Waals surface area contributed by atoms with Crippen molar-refractivity contribution in [2.24, 2.45) is 0 Å². The Balaban J connectivity index is 1.57. The Morgan fingerprint density at radius 1 is 0.917 bits per heavy atom. The highest BCUT2D eigenvalue weighted by atomic mass is 16.5. The van der Waals surface area contributed by atoms with Crippen molar-refractivity contribution in [3.8, 4) is 17.2 Å². The van der Waals surface area contributed by atoms with Crippen molar-refractivity contribution in [3.63, 3.8) is 0 Å². The monoisotopic (exact) mass is 326 g/mol. The van der Waals surface area contributed by atoms with Gasteiger partial charge in [-0.25, -0.2) is 0 Å². The van der Waals surface area contributed by atoms with E-state index in [0.29, 0.717) is 12.7 Å². The van der Waals surface area contributed by atoms with E-state index in [1.54, 1.807) is 7.11 Å². The minimum atomic E-state index is 0.378. The summed E-state index contributed by atoms with van der Waals surface area (Å²) in [5.74, 6) is 2.72. The van der Waals surface area contributed by atoms with Gasteiger partial charge in [-0.15, -0.1) is 0 Å². The van der Waals surface area contributed by atoms with E-state index < -0.39 is 0 Å². The average molecular weight is 326 g/mol. The number of aryl methyl sites for hydroxylation is 1. The molecule has 0 heterocycles. The molecule has 2 aromatic carbocycles. The summed E-state index contributed by atoms with van der Waals surface area (Å²) < 4.78 is 17.2. The van der Waals surface area contributed by atoms with Crippen molar-refractivity contribution >= 4 is 0 Å². The van der Waals surface area contributed by atoms with Gasteiger partial charge in [0.25, 0.3) is 0 Å². The topological polar surface area (TPSA) is 27.7 Å². The Morgan fingerprint density at radius 3 is 2.29 bits per heavy atom. The van der Waals surface area contributed by atoms with Crippen LogP contribution in [0.4, 0.5) is 0 Å². The molecule has 0 radical (unpaired) electrons. The fraction of sp³-hybridized carbons (Fsp3) is 0.429. The molecule has 0 atom stereocenters. The molecule has 3 heteroatoms. The highest BCUT2D eigenvalue weighted by Crippen LogP contribution is 2.28. The zero-order chi connectivity index (χ0) is 16.8. The molecule has 0 N–H and O–H groups in total. The number of rotatable bonds is 6. The van der Waals surface area contributed by atoms with Crippen molar-refractivity contribution in [1.82, 2.24) is 0 Å². The smallest absolute Gasteiger partial charge is 0.122 e. The van der Waals surface area contributed by atoms with Crippen molar-refractivity contribution in [3.05, 3.63) is 53.6 Å². The molecule has 1 aliphatic carbocycles. The molecule has 1 fully saturated rings. The molecular formula is C21H26O3. The first-order valence-electron chi connectivity index (χ1n) is 8.77. The normalized spacial score (nSPS) is 15.1. The van der Waals surface area contributed by atoms with Crippen LogP contribution in [0.3, 0.4) is 0 Å². The highest BCUT2D eigenvalue weighted by Gasteiger charge is 2.15. The minimum Gasteiger partial charge on any atom is -0.497 e. The van der Waals surface area contributed by atoms with E-state index >= 15 is 0 Å². The van der Waals surface area contributed by atoms with Gasteiger partial charge in [0.2, 0.25) is 0 Å². The second kappa shape index (κ2) is 8.09. The zero-order valence-electron chi connectivity index (χ0n) is 14.6. The summed E-state index contributed by atoms with van der Waals surface area (Å²) in [6, 6.07) is 14.0. The number of hydrogen-bond acceptors (Lipinski definition) is 3. The molecule has 0 spiro atoms. The van der Waals surface area contributed by atoms with Gasteiger partial charge in [0, 0.05) is 0 Å². The van der Waals surface area contributed by atoms with Crippen LogP contribution in [-0.4, -0.2) is 13.2 Å². The van der Waals surface area contributed by atoms with E-state index in [0.717, 1.165) is 28.4 Å². The van der Waals surface area contributed by atoms with Crippen LogP contribution in [0.1, 0.15) is 43.2 Å². The Hall–Kier alpha value is -2.16. The fourth-order valence-electron chi connectivity index (χ4n) is 3.09. The predicted molar refractivity (Wildman–Crippen MR) is 96.0 cm³/mol. The first kappa shape index (κ1) is 16.7. The van der Waals surface area contributed by atoms with Gasteiger partial charge >= 0.3 is 0 Å². The summed E-state index contributed by atoms with van der Waals surface area (Å²) in [4.78, 5) is 0. The molecule has 2 aromatic rings. The van der Waals surface area contributed by atoms with E-state index in [1.807, 2.05) is 36.4 Å². The summed E-state index contributed by atoms with van der Waals surface area (Å²) in [6.07, 6.45) is 6.64. The van der Waals surface area contributed by atoms with Gasteiger partial charge in [-0.3, -0.25) is 0 Å². The number of benzene rings is 2. The van der Waals surface area contributed by atoms with Crippen LogP contribution in [0.2, 0.25) is 0 Å². The van der Waals surface area contributed by atoms with E-state index in [-0.39, 0.29) is 0 Å². The second-order valence-electron chi connectivity index (χ2n) is 6.44. The van der Waals surface area contributed by atoms with Gasteiger partial charge in [-0.05, 0) is 74.1 Å². The molecule has 3 nitrogen and oxygen atoms in total. The summed E-state index contributed by atoms with van der Waals surface area (Å²) in [5.41, 5.74) is 2.25. The minimum absolute atomic E-state index is 0.378. The Labute approximate surface area is 144 Å². The standard InChI is InChI=1S/C21H26O3/c1-16-14-20(23-15-17-8-10-18(22-2)11-9-17)12-13-21(16)24-19-6-4-3-5-7-19/h8-14,19H,3-7,15H2,1-2H3. The van der Waals surface area contributed by atoms with Crippen LogP contribution >= 0.6 is 0 Å². The van der Waals surface area contributed by atoms with Gasteiger partial charge in [0.1, 0.15) is 23.9 Å². The van der Waals surface area contributed by atoms with Gasteiger partial charge in [-0.2, -0.15) is 0 Å². The first-order valence-corrected chi connectivity index (χ1v) is 8.77. The third-order valence-corrected chi connectivity index (χ3v) is 4.56. The van der Waals surface area contributed by atoms with Crippen molar-refractivity contribution in [1.29, 1.82) is 0 Å². The average Bonchev–Trinajstić information content (AvgIpc) is 2.63. The van der Waals surface area contributed by atoms with E-state index in [4.69, 9.17) is 14.2 Å². The summed E-state index contributed by atoms with van der Waals surface area (Å²) in [5, 5.41) is 0. The van der Waals surface area contributed by atoms with Crippen LogP contribution in [0.25, 0.3) is 0 Å². The predicted octanol–water partition coefficient (Wildman–Crippen LogP) is 5.29. The number of hydrogen-bond donors (Lipinski definition) is 0. The first-order chi connectivity index (χ1) is 11.7. The van der Waals surface area contributed by atoms with Crippen LogP contribution in [0.5, 0.6) is 17.2 Å². The Morgan fingerprint density at radius 2 is 1.62 bits per heavy atom. The molecule has 1 saturated carbocycles. The molecule has 0 bridgehead atoms. The lowest BCUT2D eigenvalue weighted by Crippen LogP contribution is -2.19. The third-order valence-electron chi connectivity index (χ3n) is 4.56. The van der Waals surface area contributed by atoms with Crippen molar-refractivity contribution in [2.45, 2.75) is 51.7 Å². The molecule has 3 rings (SSSR count). The molecule has 128 valence electrons. The highest BCUT2D eigenvalue weighted by molar-refractivity contribution is 5.39. The van der Waals surface area contributed by atoms with Gasteiger partial charge < -0.3 is 14.2 Å². The lowest BCUT2D eigenvalue weighted by Gasteiger charge is -2.24. The summed E-state index contributed by atoms with van der Waals surface area (Å²) in [7, 11) is 1.67. The maximum atomic E-state index is 6.16. The van der Waals surface area contributed by atoms with Gasteiger partial charge in [-0.1, -0.05) is 18.6 Å². The second-order valence-corrected chi connectivity index (χ2v) is 6.44. The van der Waals surface area contributed by atoms with E-state index in [2.05, 4.69) is 13.0 Å². The largest absolute Gasteiger partial charge is 0.497 e. The maximum absolute atomic E-state index is 6.16. The molecule has 0 aromatic heterocycles. The molecule has 0 aliphatic heterocycles. The lowest BCUT2D eigenvalue weighted by atomic mass is 9.98. The van der Waals surface area contributed by atoms with Crippen LogP contribution in [-0.2, 0) is 6.61 Å². The third kappa shape index (κ3) is 4.44. The summed E-state index contributed by atoms with van der Waals surface area (Å²) in [6.45, 7) is 2.63. The Bertz CT molecular complexity index is 643.